The zero-order valence-corrected chi connectivity index (χ0v) is 11.8. The minimum Gasteiger partial charge on any atom is -0.266 e. The minimum atomic E-state index is -0.721. The van der Waals surface area contributed by atoms with Crippen molar-refractivity contribution in [3.8, 4) is 5.69 Å². The van der Waals surface area contributed by atoms with Crippen LogP contribution in [0.1, 0.15) is 19.2 Å². The molecular weight excluding hydrogens is 327 g/mol. The van der Waals surface area contributed by atoms with Crippen molar-refractivity contribution in [1.82, 2.24) is 14.8 Å². The average Bonchev–Trinajstić information content (AvgIpc) is 2.61. The Labute approximate surface area is 116 Å². The average molecular weight is 337 g/mol. The molecule has 0 fully saturated rings. The predicted molar refractivity (Wildman–Crippen MR) is 68.0 cm³/mol. The molecule has 0 amide bonds. The van der Waals surface area contributed by atoms with E-state index in [0.29, 0.717) is 12.2 Å². The lowest BCUT2D eigenvalue weighted by atomic mass is 10.2. The zero-order valence-electron chi connectivity index (χ0n) is 9.42. The standard InChI is InChI=1S/C11H9BrClF2N3/c1-2-3-9-16-17-11(13)18(9)10-7(12)4-6(14)5-8(10)15/h4-5H,2-3H2,1H3. The number of benzene rings is 1. The lowest BCUT2D eigenvalue weighted by Crippen LogP contribution is -2.05. The molecule has 0 aliphatic carbocycles. The highest BCUT2D eigenvalue weighted by Crippen LogP contribution is 2.29. The van der Waals surface area contributed by atoms with E-state index < -0.39 is 11.6 Å². The van der Waals surface area contributed by atoms with Crippen molar-refractivity contribution in [3.05, 3.63) is 39.3 Å². The third-order valence-corrected chi connectivity index (χ3v) is 3.22. The molecule has 0 aliphatic rings. The molecule has 1 aromatic carbocycles. The monoisotopic (exact) mass is 335 g/mol. The van der Waals surface area contributed by atoms with Crippen molar-refractivity contribution >= 4 is 27.5 Å². The number of aromatic nitrogens is 3. The Balaban J connectivity index is 2.65. The van der Waals surface area contributed by atoms with Crippen molar-refractivity contribution < 1.29 is 8.78 Å². The quantitative estimate of drug-likeness (QED) is 0.851. The van der Waals surface area contributed by atoms with Crippen LogP contribution in [0.2, 0.25) is 5.28 Å². The van der Waals surface area contributed by atoms with Gasteiger partial charge in [0.15, 0.2) is 5.82 Å². The van der Waals surface area contributed by atoms with E-state index in [1.165, 1.54) is 10.6 Å². The zero-order chi connectivity index (χ0) is 13.3. The molecule has 0 radical (unpaired) electrons. The van der Waals surface area contributed by atoms with Crippen LogP contribution in [0, 0.1) is 11.6 Å². The lowest BCUT2D eigenvalue weighted by molar-refractivity contribution is 0.574. The summed E-state index contributed by atoms with van der Waals surface area (Å²) in [5, 5.41) is 7.65. The van der Waals surface area contributed by atoms with Gasteiger partial charge in [-0.25, -0.2) is 8.78 Å². The van der Waals surface area contributed by atoms with E-state index in [1.54, 1.807) is 0 Å². The summed E-state index contributed by atoms with van der Waals surface area (Å²) in [7, 11) is 0. The Morgan fingerprint density at radius 3 is 2.67 bits per heavy atom. The SMILES string of the molecule is CCCc1nnc(Cl)n1-c1c(F)cc(F)cc1Br. The molecule has 2 rings (SSSR count). The lowest BCUT2D eigenvalue weighted by Gasteiger charge is -2.10. The summed E-state index contributed by atoms with van der Waals surface area (Å²) in [6.45, 7) is 1.96. The first kappa shape index (κ1) is 13.4. The van der Waals surface area contributed by atoms with Crippen molar-refractivity contribution in [2.24, 2.45) is 0 Å². The molecule has 96 valence electrons. The molecule has 0 aliphatic heterocycles. The Bertz CT molecular complexity index is 563. The van der Waals surface area contributed by atoms with Crippen LogP contribution < -0.4 is 0 Å². The molecule has 3 nitrogen and oxygen atoms in total. The molecule has 0 saturated heterocycles. The highest BCUT2D eigenvalue weighted by Gasteiger charge is 2.18. The highest BCUT2D eigenvalue weighted by atomic mass is 79.9. The number of halogens is 4. The van der Waals surface area contributed by atoms with Gasteiger partial charge >= 0.3 is 0 Å². The van der Waals surface area contributed by atoms with E-state index in [-0.39, 0.29) is 15.4 Å². The van der Waals surface area contributed by atoms with Crippen LogP contribution >= 0.6 is 27.5 Å². The third-order valence-electron chi connectivity index (χ3n) is 2.37. The van der Waals surface area contributed by atoms with Crippen LogP contribution in [-0.4, -0.2) is 14.8 Å². The second-order valence-electron chi connectivity index (χ2n) is 3.69. The molecule has 0 unspecified atom stereocenters. The van der Waals surface area contributed by atoms with Gasteiger partial charge in [0.05, 0.1) is 5.69 Å². The van der Waals surface area contributed by atoms with Crippen molar-refractivity contribution in [1.29, 1.82) is 0 Å². The van der Waals surface area contributed by atoms with Gasteiger partial charge in [-0.05, 0) is 40.0 Å². The molecule has 18 heavy (non-hydrogen) atoms. The molecule has 1 aromatic heterocycles. The topological polar surface area (TPSA) is 30.7 Å². The summed E-state index contributed by atoms with van der Waals surface area (Å²) >= 11 is 9.03. The normalized spacial score (nSPS) is 10.9. The summed E-state index contributed by atoms with van der Waals surface area (Å²) in [6, 6.07) is 1.97. The van der Waals surface area contributed by atoms with E-state index in [4.69, 9.17) is 11.6 Å². The predicted octanol–water partition coefficient (Wildman–Crippen LogP) is 3.91. The highest BCUT2D eigenvalue weighted by molar-refractivity contribution is 9.10. The summed E-state index contributed by atoms with van der Waals surface area (Å²) < 4.78 is 28.6. The molecule has 1 heterocycles. The first-order valence-electron chi connectivity index (χ1n) is 5.29. The minimum absolute atomic E-state index is 0.0460. The van der Waals surface area contributed by atoms with Gasteiger partial charge in [-0.15, -0.1) is 10.2 Å². The van der Waals surface area contributed by atoms with Gasteiger partial charge in [0.25, 0.3) is 0 Å². The largest absolute Gasteiger partial charge is 0.266 e. The molecule has 0 N–H and O–H groups in total. The van der Waals surface area contributed by atoms with Crippen LogP contribution in [-0.2, 0) is 6.42 Å². The Hall–Kier alpha value is -1.01. The third kappa shape index (κ3) is 2.40. The van der Waals surface area contributed by atoms with Crippen molar-refractivity contribution in [2.45, 2.75) is 19.8 Å². The first-order chi connectivity index (χ1) is 8.54. The van der Waals surface area contributed by atoms with E-state index in [2.05, 4.69) is 26.1 Å². The van der Waals surface area contributed by atoms with Crippen LogP contribution in [0.25, 0.3) is 5.69 Å². The van der Waals surface area contributed by atoms with E-state index in [9.17, 15) is 8.78 Å². The Kier molecular flexibility index (Phi) is 3.97. The fraction of sp³-hybridized carbons (Fsp3) is 0.273. The van der Waals surface area contributed by atoms with Crippen LogP contribution in [0.4, 0.5) is 8.78 Å². The number of rotatable bonds is 3. The van der Waals surface area contributed by atoms with Crippen LogP contribution in [0.15, 0.2) is 16.6 Å². The summed E-state index contributed by atoms with van der Waals surface area (Å²) in [6.07, 6.45) is 1.42. The first-order valence-corrected chi connectivity index (χ1v) is 6.46. The number of aryl methyl sites for hydroxylation is 1. The van der Waals surface area contributed by atoms with Crippen LogP contribution in [0.3, 0.4) is 0 Å². The number of hydrogen-bond acceptors (Lipinski definition) is 2. The summed E-state index contributed by atoms with van der Waals surface area (Å²) in [5.41, 5.74) is 0.120. The summed E-state index contributed by atoms with van der Waals surface area (Å²) in [5.74, 6) is -0.848. The maximum Gasteiger partial charge on any atom is 0.229 e. The van der Waals surface area contributed by atoms with E-state index in [1.807, 2.05) is 6.92 Å². The molecule has 0 saturated carbocycles. The van der Waals surface area contributed by atoms with Gasteiger partial charge in [0.1, 0.15) is 11.6 Å². The molecule has 2 aromatic rings. The second kappa shape index (κ2) is 5.32. The Morgan fingerprint density at radius 2 is 2.06 bits per heavy atom. The number of hydrogen-bond donors (Lipinski definition) is 0. The number of nitrogens with zero attached hydrogens (tertiary/aromatic N) is 3. The van der Waals surface area contributed by atoms with Gasteiger partial charge in [-0.2, -0.15) is 0 Å². The van der Waals surface area contributed by atoms with Crippen molar-refractivity contribution in [2.75, 3.05) is 0 Å². The van der Waals surface area contributed by atoms with Gasteiger partial charge in [0.2, 0.25) is 5.28 Å². The van der Waals surface area contributed by atoms with Gasteiger partial charge in [-0.3, -0.25) is 4.57 Å². The Morgan fingerprint density at radius 1 is 1.33 bits per heavy atom. The molecule has 0 spiro atoms. The van der Waals surface area contributed by atoms with E-state index >= 15 is 0 Å². The fourth-order valence-corrected chi connectivity index (χ4v) is 2.46. The molecular formula is C11H9BrClF2N3. The summed E-state index contributed by atoms with van der Waals surface area (Å²) in [4.78, 5) is 0. The molecule has 7 heteroatoms. The van der Waals surface area contributed by atoms with Crippen molar-refractivity contribution in [3.63, 3.8) is 0 Å². The van der Waals surface area contributed by atoms with E-state index in [0.717, 1.165) is 12.5 Å². The molecule has 0 bridgehead atoms. The smallest absolute Gasteiger partial charge is 0.229 e. The van der Waals surface area contributed by atoms with Gasteiger partial charge in [-0.1, -0.05) is 6.92 Å². The van der Waals surface area contributed by atoms with Gasteiger partial charge in [0, 0.05) is 17.0 Å². The molecule has 0 atom stereocenters. The maximum atomic E-state index is 13.9. The maximum absolute atomic E-state index is 13.9. The second-order valence-corrected chi connectivity index (χ2v) is 4.88. The van der Waals surface area contributed by atoms with Crippen LogP contribution in [0.5, 0.6) is 0 Å². The fourth-order valence-electron chi connectivity index (χ4n) is 1.65. The van der Waals surface area contributed by atoms with Gasteiger partial charge < -0.3 is 0 Å².